The Kier molecular flexibility index (Phi) is 1.70. The molecule has 15 heavy (non-hydrogen) atoms. The van der Waals surface area contributed by atoms with E-state index in [0.717, 1.165) is 5.92 Å². The van der Waals surface area contributed by atoms with Gasteiger partial charge in [-0.25, -0.2) is 0 Å². The molecule has 82 valence electrons. The summed E-state index contributed by atoms with van der Waals surface area (Å²) in [5.41, 5.74) is 3.47. The normalized spacial score (nSPS) is 35.9. The Labute approximate surface area is 92.2 Å². The fourth-order valence-electron chi connectivity index (χ4n) is 3.57. The highest BCUT2D eigenvalue weighted by Crippen LogP contribution is 2.70. The lowest BCUT2D eigenvalue weighted by Gasteiger charge is -2.19. The minimum absolute atomic E-state index is 0.452. The Morgan fingerprint density at radius 2 is 1.93 bits per heavy atom. The first-order valence-corrected chi connectivity index (χ1v) is 6.10. The van der Waals surface area contributed by atoms with E-state index in [-0.39, 0.29) is 0 Å². The van der Waals surface area contributed by atoms with Crippen molar-refractivity contribution in [3.63, 3.8) is 0 Å². The summed E-state index contributed by atoms with van der Waals surface area (Å²) in [7, 11) is 0. The van der Waals surface area contributed by atoms with Crippen LogP contribution in [0.5, 0.6) is 0 Å². The van der Waals surface area contributed by atoms with Crippen LogP contribution in [0.3, 0.4) is 0 Å². The van der Waals surface area contributed by atoms with Gasteiger partial charge in [-0.05, 0) is 49.2 Å². The molecule has 1 heterocycles. The van der Waals surface area contributed by atoms with Gasteiger partial charge in [-0.2, -0.15) is 0 Å². The highest BCUT2D eigenvalue weighted by atomic mass is 16.5. The van der Waals surface area contributed by atoms with Gasteiger partial charge in [0.1, 0.15) is 11.5 Å². The largest absolute Gasteiger partial charge is 0.466 e. The summed E-state index contributed by atoms with van der Waals surface area (Å²) in [5, 5.41) is 0. The second-order valence-corrected chi connectivity index (χ2v) is 6.04. The molecule has 0 saturated heterocycles. The van der Waals surface area contributed by atoms with Gasteiger partial charge in [-0.1, -0.05) is 13.8 Å². The number of fused-ring (bicyclic) bond motifs is 2. The monoisotopic (exact) mass is 204 g/mol. The molecule has 0 N–H and O–H groups in total. The molecule has 0 aromatic carbocycles. The smallest absolute Gasteiger partial charge is 0.106 e. The Morgan fingerprint density at radius 3 is 2.60 bits per heavy atom. The highest BCUT2D eigenvalue weighted by molar-refractivity contribution is 5.39. The zero-order chi connectivity index (χ0) is 10.8. The van der Waals surface area contributed by atoms with Crippen molar-refractivity contribution in [1.29, 1.82) is 0 Å². The molecule has 1 saturated carbocycles. The van der Waals surface area contributed by atoms with E-state index in [1.54, 1.807) is 5.57 Å². The molecule has 2 aliphatic carbocycles. The number of ether oxygens (including phenoxy) is 1. The third-order valence-electron chi connectivity index (χ3n) is 4.42. The van der Waals surface area contributed by atoms with E-state index in [0.29, 0.717) is 11.3 Å². The quantitative estimate of drug-likeness (QED) is 0.579. The summed E-state index contributed by atoms with van der Waals surface area (Å²) in [4.78, 5) is 0. The van der Waals surface area contributed by atoms with Gasteiger partial charge in [0.05, 0.1) is 0 Å². The summed E-state index contributed by atoms with van der Waals surface area (Å²) >= 11 is 0. The molecule has 0 radical (unpaired) electrons. The van der Waals surface area contributed by atoms with Crippen molar-refractivity contribution in [3.8, 4) is 0 Å². The molecule has 1 aliphatic heterocycles. The Balaban J connectivity index is 2.07. The van der Waals surface area contributed by atoms with Gasteiger partial charge in [0.2, 0.25) is 0 Å². The zero-order valence-electron chi connectivity index (χ0n) is 10.2. The van der Waals surface area contributed by atoms with Gasteiger partial charge >= 0.3 is 0 Å². The predicted octanol–water partition coefficient (Wildman–Crippen LogP) is 4.02. The number of rotatable bonds is 0. The molecule has 0 spiro atoms. The molecule has 0 aromatic rings. The third-order valence-corrected chi connectivity index (χ3v) is 4.42. The maximum atomic E-state index is 6.12. The van der Waals surface area contributed by atoms with E-state index >= 15 is 0 Å². The van der Waals surface area contributed by atoms with Crippen molar-refractivity contribution >= 4 is 0 Å². The first-order valence-electron chi connectivity index (χ1n) is 6.10. The van der Waals surface area contributed by atoms with Crippen LogP contribution in [0, 0.1) is 17.3 Å². The van der Waals surface area contributed by atoms with Crippen LogP contribution in [0.2, 0.25) is 0 Å². The van der Waals surface area contributed by atoms with Crippen LogP contribution in [0.4, 0.5) is 0 Å². The van der Waals surface area contributed by atoms with Crippen LogP contribution < -0.4 is 0 Å². The van der Waals surface area contributed by atoms with Crippen LogP contribution in [-0.2, 0) is 4.74 Å². The van der Waals surface area contributed by atoms with Gasteiger partial charge < -0.3 is 4.74 Å². The molecule has 0 aromatic heterocycles. The molecule has 1 nitrogen and oxygen atoms in total. The van der Waals surface area contributed by atoms with Crippen molar-refractivity contribution in [2.24, 2.45) is 17.3 Å². The predicted molar refractivity (Wildman–Crippen MR) is 61.1 cm³/mol. The van der Waals surface area contributed by atoms with Crippen LogP contribution in [0.15, 0.2) is 22.7 Å². The maximum Gasteiger partial charge on any atom is 0.106 e. The molecular weight excluding hydrogens is 184 g/mol. The van der Waals surface area contributed by atoms with Crippen LogP contribution in [0.1, 0.15) is 47.0 Å². The average molecular weight is 204 g/mol. The fraction of sp³-hybridized carbons (Fsp3) is 0.714. The van der Waals surface area contributed by atoms with Gasteiger partial charge in [0.15, 0.2) is 0 Å². The molecule has 3 rings (SSSR count). The van der Waals surface area contributed by atoms with E-state index in [4.69, 9.17) is 4.74 Å². The second-order valence-electron chi connectivity index (χ2n) is 6.04. The number of allylic oxidation sites excluding steroid dienone is 4. The van der Waals surface area contributed by atoms with Gasteiger partial charge in [-0.15, -0.1) is 0 Å². The van der Waals surface area contributed by atoms with Crippen LogP contribution >= 0.6 is 0 Å². The van der Waals surface area contributed by atoms with Gasteiger partial charge in [0, 0.05) is 12.3 Å². The summed E-state index contributed by atoms with van der Waals surface area (Å²) in [6.07, 6.45) is 3.77. The van der Waals surface area contributed by atoms with Gasteiger partial charge in [0.25, 0.3) is 0 Å². The van der Waals surface area contributed by atoms with Crippen molar-refractivity contribution in [3.05, 3.63) is 22.7 Å². The Bertz CT molecular complexity index is 380. The lowest BCUT2D eigenvalue weighted by molar-refractivity contribution is 0.247. The molecule has 0 bridgehead atoms. The number of hydrogen-bond donors (Lipinski definition) is 0. The molecule has 1 heteroatoms. The Morgan fingerprint density at radius 1 is 1.20 bits per heavy atom. The zero-order valence-corrected chi connectivity index (χ0v) is 10.2. The number of hydrogen-bond acceptors (Lipinski definition) is 1. The molecular formula is C14H20O. The molecule has 2 unspecified atom stereocenters. The fourth-order valence-corrected chi connectivity index (χ4v) is 3.57. The molecule has 0 amide bonds. The van der Waals surface area contributed by atoms with Gasteiger partial charge in [-0.3, -0.25) is 0 Å². The average Bonchev–Trinajstić information content (AvgIpc) is 2.61. The summed E-state index contributed by atoms with van der Waals surface area (Å²) in [6, 6.07) is 0. The lowest BCUT2D eigenvalue weighted by atomic mass is 10.0. The summed E-state index contributed by atoms with van der Waals surface area (Å²) in [5.74, 6) is 4.08. The lowest BCUT2D eigenvalue weighted by Crippen LogP contribution is -2.06. The minimum Gasteiger partial charge on any atom is -0.466 e. The standard InChI is InChI=1S/C14H20O/c1-8(2)13-12-11(14(12,3)4)9-6-5-7-10(9)15-13/h11-12H,5-7H2,1-4H3. The van der Waals surface area contributed by atoms with E-state index in [1.165, 1.54) is 36.4 Å². The van der Waals surface area contributed by atoms with Crippen LogP contribution in [-0.4, -0.2) is 0 Å². The molecule has 1 fully saturated rings. The molecule has 3 aliphatic rings. The topological polar surface area (TPSA) is 9.23 Å². The first-order chi connectivity index (χ1) is 7.03. The van der Waals surface area contributed by atoms with E-state index < -0.39 is 0 Å². The first kappa shape index (κ1) is 9.50. The summed E-state index contributed by atoms with van der Waals surface area (Å²) in [6.45, 7) is 9.15. The Hall–Kier alpha value is -0.720. The second kappa shape index (κ2) is 2.69. The van der Waals surface area contributed by atoms with E-state index in [1.807, 2.05) is 0 Å². The SMILES string of the molecule is CC(C)=C1OC2=C(CCC2)C2C1C2(C)C. The highest BCUT2D eigenvalue weighted by Gasteiger charge is 2.64. The van der Waals surface area contributed by atoms with Crippen molar-refractivity contribution in [2.75, 3.05) is 0 Å². The summed E-state index contributed by atoms with van der Waals surface area (Å²) < 4.78 is 6.12. The maximum absolute atomic E-state index is 6.12. The van der Waals surface area contributed by atoms with E-state index in [2.05, 4.69) is 27.7 Å². The molecule has 2 atom stereocenters. The van der Waals surface area contributed by atoms with E-state index in [9.17, 15) is 0 Å². The van der Waals surface area contributed by atoms with Crippen LogP contribution in [0.25, 0.3) is 0 Å². The van der Waals surface area contributed by atoms with Crippen molar-refractivity contribution in [2.45, 2.75) is 47.0 Å². The third kappa shape index (κ3) is 1.10. The van der Waals surface area contributed by atoms with Crippen molar-refractivity contribution < 1.29 is 4.74 Å². The minimum atomic E-state index is 0.452. The van der Waals surface area contributed by atoms with Crippen molar-refractivity contribution in [1.82, 2.24) is 0 Å².